The lowest BCUT2D eigenvalue weighted by molar-refractivity contribution is -0.140. The number of carbonyl (C=O) groups excluding carboxylic acids is 2. The molecule has 0 aliphatic heterocycles. The molecule has 0 saturated heterocycles. The summed E-state index contributed by atoms with van der Waals surface area (Å²) in [6.45, 7) is 9.11. The van der Waals surface area contributed by atoms with Crippen molar-refractivity contribution in [3.63, 3.8) is 0 Å². The van der Waals surface area contributed by atoms with Gasteiger partial charge in [-0.25, -0.2) is 8.42 Å². The molecule has 1 atom stereocenters. The van der Waals surface area contributed by atoms with Crippen molar-refractivity contribution in [1.82, 2.24) is 10.2 Å². The third-order valence-corrected chi connectivity index (χ3v) is 9.00. The summed E-state index contributed by atoms with van der Waals surface area (Å²) in [5, 5.41) is 3.54. The van der Waals surface area contributed by atoms with Crippen LogP contribution in [0.5, 0.6) is 5.75 Å². The Morgan fingerprint density at radius 3 is 2.12 bits per heavy atom. The summed E-state index contributed by atoms with van der Waals surface area (Å²) in [4.78, 5) is 28.8. The molecule has 0 saturated carbocycles. The maximum atomic E-state index is 14.1. The molecule has 0 aliphatic carbocycles. The molecule has 2 amide bonds. The van der Waals surface area contributed by atoms with Crippen LogP contribution in [0.25, 0.3) is 0 Å². The van der Waals surface area contributed by atoms with Gasteiger partial charge in [0.25, 0.3) is 10.0 Å². The first kappa shape index (κ1) is 33.2. The van der Waals surface area contributed by atoms with E-state index in [9.17, 15) is 18.0 Å². The molecular weight excluding hydrogens is 597 g/mol. The quantitative estimate of drug-likeness (QED) is 0.241. The second kappa shape index (κ2) is 14.8. The Balaban J connectivity index is 2.06. The van der Waals surface area contributed by atoms with Crippen LogP contribution in [0, 0.1) is 6.92 Å². The molecular formula is C31H37Cl2N3O5S. The van der Waals surface area contributed by atoms with Gasteiger partial charge in [0, 0.05) is 12.6 Å². The van der Waals surface area contributed by atoms with E-state index in [2.05, 4.69) is 5.32 Å². The fourth-order valence-corrected chi connectivity index (χ4v) is 6.11. The maximum Gasteiger partial charge on any atom is 0.264 e. The van der Waals surface area contributed by atoms with Gasteiger partial charge in [-0.3, -0.25) is 13.9 Å². The van der Waals surface area contributed by atoms with Crippen LogP contribution in [0.15, 0.2) is 71.6 Å². The first-order chi connectivity index (χ1) is 19.9. The molecule has 0 spiro atoms. The van der Waals surface area contributed by atoms with E-state index in [0.29, 0.717) is 40.1 Å². The highest BCUT2D eigenvalue weighted by Crippen LogP contribution is 2.28. The normalized spacial score (nSPS) is 12.1. The fourth-order valence-electron chi connectivity index (χ4n) is 4.38. The number of halogens is 2. The van der Waals surface area contributed by atoms with Gasteiger partial charge in [0.15, 0.2) is 0 Å². The second-order valence-corrected chi connectivity index (χ2v) is 12.8. The standard InChI is InChI=1S/C31H37Cl2N3O5S/c1-6-29(31(38)34-21(3)4)35(19-23-10-17-27(32)28(33)18-23)30(37)20-36(24-11-8-22(5)9-12-24)42(39,40)26-15-13-25(14-16-26)41-7-2/h8-18,21,29H,6-7,19-20H2,1-5H3,(H,34,38)/t29-/m1/s1. The topological polar surface area (TPSA) is 96.0 Å². The zero-order chi connectivity index (χ0) is 31.0. The monoisotopic (exact) mass is 633 g/mol. The van der Waals surface area contributed by atoms with E-state index in [1.54, 1.807) is 61.5 Å². The predicted molar refractivity (Wildman–Crippen MR) is 168 cm³/mol. The molecule has 3 rings (SSSR count). The lowest BCUT2D eigenvalue weighted by Gasteiger charge is -2.33. The van der Waals surface area contributed by atoms with Crippen molar-refractivity contribution in [2.75, 3.05) is 17.5 Å². The first-order valence-electron chi connectivity index (χ1n) is 13.7. The van der Waals surface area contributed by atoms with Crippen LogP contribution in [0.1, 0.15) is 45.2 Å². The number of benzene rings is 3. The molecule has 8 nitrogen and oxygen atoms in total. The number of nitrogens with one attached hydrogen (secondary N) is 1. The lowest BCUT2D eigenvalue weighted by Crippen LogP contribution is -2.53. The van der Waals surface area contributed by atoms with Gasteiger partial charge in [-0.05, 0) is 88.2 Å². The SMILES string of the molecule is CCOc1ccc(S(=O)(=O)N(CC(=O)N(Cc2ccc(Cl)c(Cl)c2)[C@H](CC)C(=O)NC(C)C)c2ccc(C)cc2)cc1. The number of amides is 2. The minimum absolute atomic E-state index is 0.0000431. The molecule has 0 bridgehead atoms. The molecule has 3 aromatic rings. The lowest BCUT2D eigenvalue weighted by atomic mass is 10.1. The van der Waals surface area contributed by atoms with E-state index in [-0.39, 0.29) is 23.4 Å². The number of aryl methyl sites for hydroxylation is 1. The molecule has 226 valence electrons. The molecule has 11 heteroatoms. The number of hydrogen-bond donors (Lipinski definition) is 1. The Morgan fingerprint density at radius 1 is 0.929 bits per heavy atom. The molecule has 0 aliphatic rings. The highest BCUT2D eigenvalue weighted by molar-refractivity contribution is 7.92. The fraction of sp³-hybridized carbons (Fsp3) is 0.355. The predicted octanol–water partition coefficient (Wildman–Crippen LogP) is 6.23. The molecule has 0 aromatic heterocycles. The number of carbonyl (C=O) groups is 2. The van der Waals surface area contributed by atoms with E-state index < -0.39 is 28.5 Å². The van der Waals surface area contributed by atoms with Gasteiger partial charge in [0.1, 0.15) is 18.3 Å². The minimum atomic E-state index is -4.19. The molecule has 0 fully saturated rings. The average molecular weight is 635 g/mol. The van der Waals surface area contributed by atoms with Gasteiger partial charge in [0.05, 0.1) is 27.2 Å². The number of ether oxygens (including phenoxy) is 1. The van der Waals surface area contributed by atoms with Crippen molar-refractivity contribution in [3.8, 4) is 5.75 Å². The molecule has 3 aromatic carbocycles. The Labute approximate surface area is 258 Å². The number of rotatable bonds is 13. The summed E-state index contributed by atoms with van der Waals surface area (Å²) >= 11 is 12.3. The van der Waals surface area contributed by atoms with Crippen LogP contribution >= 0.6 is 23.2 Å². The van der Waals surface area contributed by atoms with Crippen molar-refractivity contribution in [3.05, 3.63) is 87.9 Å². The number of hydrogen-bond acceptors (Lipinski definition) is 5. The van der Waals surface area contributed by atoms with Gasteiger partial charge >= 0.3 is 0 Å². The van der Waals surface area contributed by atoms with Crippen LogP contribution in [0.3, 0.4) is 0 Å². The molecule has 0 radical (unpaired) electrons. The van der Waals surface area contributed by atoms with E-state index in [1.165, 1.54) is 17.0 Å². The van der Waals surface area contributed by atoms with Crippen LogP contribution in [-0.2, 0) is 26.2 Å². The number of nitrogens with zero attached hydrogens (tertiary/aromatic N) is 2. The second-order valence-electron chi connectivity index (χ2n) is 10.1. The zero-order valence-electron chi connectivity index (χ0n) is 24.4. The van der Waals surface area contributed by atoms with Crippen molar-refractivity contribution in [1.29, 1.82) is 0 Å². The molecule has 42 heavy (non-hydrogen) atoms. The van der Waals surface area contributed by atoms with Crippen LogP contribution < -0.4 is 14.4 Å². The van der Waals surface area contributed by atoms with Crippen molar-refractivity contribution >= 4 is 50.7 Å². The van der Waals surface area contributed by atoms with Gasteiger partial charge in [-0.15, -0.1) is 0 Å². The van der Waals surface area contributed by atoms with E-state index in [0.717, 1.165) is 9.87 Å². The van der Waals surface area contributed by atoms with Crippen molar-refractivity contribution in [2.24, 2.45) is 0 Å². The Kier molecular flexibility index (Phi) is 11.7. The summed E-state index contributed by atoms with van der Waals surface area (Å²) in [7, 11) is -4.19. The van der Waals surface area contributed by atoms with E-state index in [4.69, 9.17) is 27.9 Å². The Bertz CT molecular complexity index is 1480. The van der Waals surface area contributed by atoms with E-state index in [1.807, 2.05) is 27.7 Å². The minimum Gasteiger partial charge on any atom is -0.494 e. The van der Waals surface area contributed by atoms with Crippen LogP contribution in [0.4, 0.5) is 5.69 Å². The summed E-state index contributed by atoms with van der Waals surface area (Å²) in [6.07, 6.45) is 0.307. The third kappa shape index (κ3) is 8.40. The van der Waals surface area contributed by atoms with Gasteiger partial charge < -0.3 is 15.0 Å². The molecule has 0 heterocycles. The van der Waals surface area contributed by atoms with Gasteiger partial charge in [-0.2, -0.15) is 0 Å². The average Bonchev–Trinajstić information content (AvgIpc) is 2.94. The van der Waals surface area contributed by atoms with Crippen molar-refractivity contribution < 1.29 is 22.7 Å². The molecule has 0 unspecified atom stereocenters. The Hall–Kier alpha value is -3.27. The van der Waals surface area contributed by atoms with Crippen molar-refractivity contribution in [2.45, 2.75) is 64.6 Å². The zero-order valence-corrected chi connectivity index (χ0v) is 26.8. The summed E-state index contributed by atoms with van der Waals surface area (Å²) < 4.78 is 34.5. The smallest absolute Gasteiger partial charge is 0.264 e. The summed E-state index contributed by atoms with van der Waals surface area (Å²) in [5.41, 5.74) is 1.89. The number of sulfonamides is 1. The van der Waals surface area contributed by atoms with E-state index >= 15 is 0 Å². The largest absolute Gasteiger partial charge is 0.494 e. The number of anilines is 1. The first-order valence-corrected chi connectivity index (χ1v) is 15.9. The highest BCUT2D eigenvalue weighted by Gasteiger charge is 2.34. The van der Waals surface area contributed by atoms with Gasteiger partial charge in [-0.1, -0.05) is 53.9 Å². The van der Waals surface area contributed by atoms with Crippen LogP contribution in [-0.4, -0.2) is 50.4 Å². The summed E-state index contributed by atoms with van der Waals surface area (Å²) in [6, 6.07) is 16.9. The third-order valence-electron chi connectivity index (χ3n) is 6.48. The molecule has 1 N–H and O–H groups in total. The van der Waals surface area contributed by atoms with Gasteiger partial charge in [0.2, 0.25) is 11.8 Å². The van der Waals surface area contributed by atoms with Crippen LogP contribution in [0.2, 0.25) is 10.0 Å². The highest BCUT2D eigenvalue weighted by atomic mass is 35.5. The summed E-state index contributed by atoms with van der Waals surface area (Å²) in [5.74, 6) is -0.358. The maximum absolute atomic E-state index is 14.1. The Morgan fingerprint density at radius 2 is 1.57 bits per heavy atom.